The van der Waals surface area contributed by atoms with E-state index in [-0.39, 0.29) is 45.5 Å². The third kappa shape index (κ3) is 6.05. The molecule has 6 heteroatoms. The number of aliphatic hydroxyl groups is 1. The van der Waals surface area contributed by atoms with Gasteiger partial charge in [-0.25, -0.2) is 0 Å². The van der Waals surface area contributed by atoms with Crippen molar-refractivity contribution >= 4 is 46.1 Å². The zero-order valence-corrected chi connectivity index (χ0v) is 20.1. The molecule has 131 valence electrons. The number of Topliss-reactive ketones (excluding diaryl/α,β-unsaturated/α-hetero) is 1. The summed E-state index contributed by atoms with van der Waals surface area (Å²) in [6, 6.07) is 12.4. The van der Waals surface area contributed by atoms with E-state index in [0.717, 1.165) is 34.6 Å². The summed E-state index contributed by atoms with van der Waals surface area (Å²) < 4.78 is 2.21. The van der Waals surface area contributed by atoms with Gasteiger partial charge in [0.05, 0.1) is 6.10 Å². The fraction of sp³-hybridized carbons (Fsp3) is 0.350. The molecule has 1 atom stereocenters. The Bertz CT molecular complexity index is 774. The molecule has 0 heterocycles. The summed E-state index contributed by atoms with van der Waals surface area (Å²) in [6.07, 6.45) is 4.81. The Morgan fingerprint density at radius 1 is 0.923 bits per heavy atom. The number of halogens is 2. The average Bonchev–Trinajstić information content (AvgIpc) is 2.57. The Balaban J connectivity index is 0.000000451. The maximum atomic E-state index is 11.2. The van der Waals surface area contributed by atoms with Crippen molar-refractivity contribution in [1.82, 2.24) is 0 Å². The van der Waals surface area contributed by atoms with Gasteiger partial charge in [-0.15, -0.1) is 0 Å². The molecule has 2 aromatic rings. The number of fused-ring (bicyclic) bond motifs is 2. The van der Waals surface area contributed by atoms with Gasteiger partial charge in [0.1, 0.15) is 5.78 Å². The van der Waals surface area contributed by atoms with Crippen LogP contribution < -0.4 is 29.6 Å². The molecular weight excluding hydrogens is 466 g/mol. The number of ketones is 1. The third-order valence-corrected chi connectivity index (χ3v) is 6.15. The van der Waals surface area contributed by atoms with Crippen LogP contribution in [0.5, 0.6) is 0 Å². The monoisotopic (exact) mass is 485 g/mol. The fourth-order valence-corrected chi connectivity index (χ4v) is 4.44. The number of aryl methyl sites for hydroxylation is 2. The Hall–Kier alpha value is 0.0949. The number of aliphatic hydroxyl groups excluding tert-OH is 1. The van der Waals surface area contributed by atoms with E-state index in [1.54, 1.807) is 0 Å². The summed E-state index contributed by atoms with van der Waals surface area (Å²) in [7, 11) is 0. The maximum Gasteiger partial charge on any atom is 1.00 e. The first-order valence-electron chi connectivity index (χ1n) is 8.27. The van der Waals surface area contributed by atoms with Crippen LogP contribution in [0, 0.1) is 0 Å². The van der Waals surface area contributed by atoms with Crippen molar-refractivity contribution < 1.29 is 40.9 Å². The van der Waals surface area contributed by atoms with Gasteiger partial charge in [-0.2, -0.15) is 0 Å². The number of benzene rings is 2. The zero-order chi connectivity index (χ0) is 17.1. The predicted molar refractivity (Wildman–Crippen MR) is 110 cm³/mol. The molecule has 2 aliphatic carbocycles. The van der Waals surface area contributed by atoms with E-state index in [9.17, 15) is 9.90 Å². The Kier molecular flexibility index (Phi) is 10.4. The molecule has 26 heavy (non-hydrogen) atoms. The molecule has 4 rings (SSSR count). The van der Waals surface area contributed by atoms with E-state index >= 15 is 0 Å². The number of carbonyl (C=O) groups is 1. The molecule has 1 unspecified atom stereocenters. The normalized spacial score (nSPS) is 17.5. The molecule has 1 N–H and O–H groups in total. The molecule has 3 radical (unpaired) electrons. The van der Waals surface area contributed by atoms with Gasteiger partial charge < -0.3 is 6.53 Å². The van der Waals surface area contributed by atoms with Gasteiger partial charge in [-0.3, -0.25) is 4.79 Å². The zero-order valence-electron chi connectivity index (χ0n) is 16.0. The molecule has 2 aliphatic rings. The molecular formula is C20H21BBr2NaO2. The average molecular weight is 487 g/mol. The van der Waals surface area contributed by atoms with Gasteiger partial charge in [0.25, 0.3) is 0 Å². The largest absolute Gasteiger partial charge is 1.00 e. The quantitative estimate of drug-likeness (QED) is 0.574. The fourth-order valence-electron chi connectivity index (χ4n) is 3.32. The number of hydrogen-bond donors (Lipinski definition) is 1. The molecule has 2 nitrogen and oxygen atoms in total. The van der Waals surface area contributed by atoms with E-state index in [4.69, 9.17) is 0 Å². The standard InChI is InChI=1S/C10H11BrO.C10H9BrO.B.Na.H/c2*11-10-3-1-2-7-4-5-8(12)6-9(7)10;;;/h1-3,8,12H,4-6H2;1-3H,4-6H2;;;/q;;;+1;-1. The van der Waals surface area contributed by atoms with E-state index in [1.807, 2.05) is 18.2 Å². The van der Waals surface area contributed by atoms with Crippen LogP contribution in [-0.2, 0) is 30.5 Å². The molecule has 0 saturated carbocycles. The molecule has 0 fully saturated rings. The van der Waals surface area contributed by atoms with Crippen LogP contribution in [0.25, 0.3) is 0 Å². The topological polar surface area (TPSA) is 37.3 Å². The number of rotatable bonds is 0. The van der Waals surface area contributed by atoms with Gasteiger partial charge >= 0.3 is 29.6 Å². The smallest absolute Gasteiger partial charge is 1.00 e. The first-order valence-corrected chi connectivity index (χ1v) is 9.85. The molecule has 0 saturated heterocycles. The van der Waals surface area contributed by atoms with Crippen molar-refractivity contribution in [2.45, 2.75) is 44.6 Å². The maximum absolute atomic E-state index is 11.2. The minimum absolute atomic E-state index is 0. The van der Waals surface area contributed by atoms with Crippen molar-refractivity contribution in [1.29, 1.82) is 0 Å². The molecule has 0 spiro atoms. The van der Waals surface area contributed by atoms with Crippen molar-refractivity contribution in [2.75, 3.05) is 0 Å². The molecule has 0 aromatic heterocycles. The second kappa shape index (κ2) is 11.2. The molecule has 2 aromatic carbocycles. The summed E-state index contributed by atoms with van der Waals surface area (Å²) in [6.45, 7) is 0. The van der Waals surface area contributed by atoms with Gasteiger partial charge in [0, 0.05) is 30.2 Å². The first kappa shape index (κ1) is 24.1. The minimum Gasteiger partial charge on any atom is -1.00 e. The predicted octanol–water partition coefficient (Wildman–Crippen LogP) is 1.54. The first-order chi connectivity index (χ1) is 11.5. The molecule has 0 amide bonds. The second-order valence-corrected chi connectivity index (χ2v) is 8.08. The van der Waals surface area contributed by atoms with Crippen molar-refractivity contribution in [3.05, 3.63) is 67.6 Å². The van der Waals surface area contributed by atoms with Gasteiger partial charge in [-0.1, -0.05) is 56.1 Å². The van der Waals surface area contributed by atoms with Gasteiger partial charge in [0.15, 0.2) is 0 Å². The second-order valence-electron chi connectivity index (χ2n) is 6.37. The van der Waals surface area contributed by atoms with Crippen LogP contribution in [0.3, 0.4) is 0 Å². The van der Waals surface area contributed by atoms with Crippen LogP contribution in [-0.4, -0.2) is 25.4 Å². The van der Waals surface area contributed by atoms with Crippen molar-refractivity contribution in [3.8, 4) is 0 Å². The Labute approximate surface area is 197 Å². The van der Waals surface area contributed by atoms with Crippen LogP contribution in [0.1, 0.15) is 36.5 Å². The SMILES string of the molecule is O=C1CCc2cccc(Br)c2C1.OC1CCc2cccc(Br)c2C1.[B].[H-].[Na+]. The summed E-state index contributed by atoms with van der Waals surface area (Å²) in [4.78, 5) is 11.2. The molecule has 0 bridgehead atoms. The van der Waals surface area contributed by atoms with Gasteiger partial charge in [0.2, 0.25) is 0 Å². The van der Waals surface area contributed by atoms with Crippen LogP contribution in [0.4, 0.5) is 0 Å². The van der Waals surface area contributed by atoms with E-state index in [0.29, 0.717) is 18.6 Å². The van der Waals surface area contributed by atoms with Crippen molar-refractivity contribution in [3.63, 3.8) is 0 Å². The van der Waals surface area contributed by atoms with Gasteiger partial charge in [-0.05, 0) is 60.1 Å². The van der Waals surface area contributed by atoms with E-state index < -0.39 is 0 Å². The van der Waals surface area contributed by atoms with Crippen LogP contribution in [0.2, 0.25) is 0 Å². The summed E-state index contributed by atoms with van der Waals surface area (Å²) in [5, 5.41) is 9.46. The van der Waals surface area contributed by atoms with Crippen molar-refractivity contribution in [2.24, 2.45) is 0 Å². The summed E-state index contributed by atoms with van der Waals surface area (Å²) in [5.74, 6) is 0.356. The Morgan fingerprint density at radius 3 is 2.15 bits per heavy atom. The van der Waals surface area contributed by atoms with Crippen LogP contribution >= 0.6 is 31.9 Å². The summed E-state index contributed by atoms with van der Waals surface area (Å²) >= 11 is 6.96. The molecule has 0 aliphatic heterocycles. The minimum atomic E-state index is -0.142. The number of hydrogen-bond acceptors (Lipinski definition) is 2. The third-order valence-electron chi connectivity index (χ3n) is 4.67. The summed E-state index contributed by atoms with van der Waals surface area (Å²) in [5.41, 5.74) is 5.18. The van der Waals surface area contributed by atoms with E-state index in [2.05, 4.69) is 50.1 Å². The van der Waals surface area contributed by atoms with E-state index in [1.165, 1.54) is 22.3 Å². The number of carbonyl (C=O) groups excluding carboxylic acids is 1. The Morgan fingerprint density at radius 2 is 1.50 bits per heavy atom. The van der Waals surface area contributed by atoms with Crippen LogP contribution in [0.15, 0.2) is 45.3 Å².